The van der Waals surface area contributed by atoms with Crippen molar-refractivity contribution in [1.29, 1.82) is 0 Å². The van der Waals surface area contributed by atoms with Crippen LogP contribution in [0, 0.1) is 0 Å². The molecule has 2 rings (SSSR count). The molecule has 2 saturated heterocycles. The monoisotopic (exact) mass is 299 g/mol. The Morgan fingerprint density at radius 2 is 1.67 bits per heavy atom. The van der Waals surface area contributed by atoms with Crippen molar-refractivity contribution in [3.8, 4) is 0 Å². The molecule has 18 heavy (non-hydrogen) atoms. The second kappa shape index (κ2) is 8.93. The molecule has 108 valence electrons. The molecule has 1 amide bonds. The summed E-state index contributed by atoms with van der Waals surface area (Å²) >= 11 is 0. The van der Waals surface area contributed by atoms with Gasteiger partial charge in [-0.2, -0.15) is 0 Å². The fourth-order valence-corrected chi connectivity index (χ4v) is 2.27. The molecule has 2 heterocycles. The van der Waals surface area contributed by atoms with E-state index in [1.807, 2.05) is 11.8 Å². The van der Waals surface area contributed by atoms with E-state index in [2.05, 4.69) is 10.2 Å². The molecule has 0 aromatic heterocycles. The maximum atomic E-state index is 12.2. The molecule has 1 N–H and O–H groups in total. The van der Waals surface area contributed by atoms with Gasteiger partial charge in [0.2, 0.25) is 5.91 Å². The molecule has 0 bridgehead atoms. The second-order valence-electron chi connectivity index (χ2n) is 4.40. The van der Waals surface area contributed by atoms with Crippen LogP contribution in [0.15, 0.2) is 0 Å². The van der Waals surface area contributed by atoms with Gasteiger partial charge < -0.3 is 15.0 Å². The fourth-order valence-electron chi connectivity index (χ4n) is 2.27. The SMILES string of the molecule is CC(C(=O)N1CCNCC1)N1CCOCC1.Cl.Cl. The van der Waals surface area contributed by atoms with Gasteiger partial charge in [0.05, 0.1) is 19.3 Å². The Balaban J connectivity index is 0.00000144. The first kappa shape index (κ1) is 17.9. The lowest BCUT2D eigenvalue weighted by atomic mass is 10.2. The van der Waals surface area contributed by atoms with E-state index < -0.39 is 0 Å². The Morgan fingerprint density at radius 1 is 1.11 bits per heavy atom. The Kier molecular flexibility index (Phi) is 8.90. The molecule has 0 aliphatic carbocycles. The Hall–Kier alpha value is -0.0700. The van der Waals surface area contributed by atoms with Crippen molar-refractivity contribution in [3.63, 3.8) is 0 Å². The number of hydrogen-bond donors (Lipinski definition) is 1. The van der Waals surface area contributed by atoms with Gasteiger partial charge in [0.1, 0.15) is 0 Å². The van der Waals surface area contributed by atoms with E-state index in [9.17, 15) is 4.79 Å². The minimum atomic E-state index is 0. The average molecular weight is 300 g/mol. The van der Waals surface area contributed by atoms with E-state index in [4.69, 9.17) is 4.74 Å². The Morgan fingerprint density at radius 3 is 2.22 bits per heavy atom. The topological polar surface area (TPSA) is 44.8 Å². The number of amides is 1. The van der Waals surface area contributed by atoms with Crippen molar-refractivity contribution in [2.24, 2.45) is 0 Å². The number of hydrogen-bond acceptors (Lipinski definition) is 4. The molecule has 2 fully saturated rings. The first-order valence-corrected chi connectivity index (χ1v) is 6.10. The quantitative estimate of drug-likeness (QED) is 0.779. The van der Waals surface area contributed by atoms with Gasteiger partial charge in [0.15, 0.2) is 0 Å². The van der Waals surface area contributed by atoms with Gasteiger partial charge in [-0.1, -0.05) is 0 Å². The minimum Gasteiger partial charge on any atom is -0.379 e. The molecule has 7 heteroatoms. The van der Waals surface area contributed by atoms with Crippen LogP contribution in [0.1, 0.15) is 6.92 Å². The molecule has 1 unspecified atom stereocenters. The summed E-state index contributed by atoms with van der Waals surface area (Å²) in [4.78, 5) is 16.4. The Bertz CT molecular complexity index is 244. The third-order valence-electron chi connectivity index (χ3n) is 3.38. The lowest BCUT2D eigenvalue weighted by molar-refractivity contribution is -0.138. The van der Waals surface area contributed by atoms with Crippen molar-refractivity contribution in [2.45, 2.75) is 13.0 Å². The summed E-state index contributed by atoms with van der Waals surface area (Å²) in [6.07, 6.45) is 0. The van der Waals surface area contributed by atoms with Gasteiger partial charge in [-0.25, -0.2) is 0 Å². The first-order valence-electron chi connectivity index (χ1n) is 6.10. The van der Waals surface area contributed by atoms with E-state index >= 15 is 0 Å². The molecule has 2 aliphatic rings. The summed E-state index contributed by atoms with van der Waals surface area (Å²) in [7, 11) is 0. The van der Waals surface area contributed by atoms with Crippen molar-refractivity contribution < 1.29 is 9.53 Å². The highest BCUT2D eigenvalue weighted by Gasteiger charge is 2.27. The zero-order valence-corrected chi connectivity index (χ0v) is 12.4. The number of rotatable bonds is 2. The average Bonchev–Trinajstić information content (AvgIpc) is 2.39. The highest BCUT2D eigenvalue weighted by molar-refractivity contribution is 5.85. The van der Waals surface area contributed by atoms with E-state index in [1.165, 1.54) is 0 Å². The number of piperazine rings is 1. The molecule has 5 nitrogen and oxygen atoms in total. The predicted octanol–water partition coefficient (Wildman–Crippen LogP) is -0.0175. The number of halogens is 2. The number of carbonyl (C=O) groups is 1. The van der Waals surface area contributed by atoms with Crippen LogP contribution in [0.4, 0.5) is 0 Å². The number of carbonyl (C=O) groups excluding carboxylic acids is 1. The Labute approximate surface area is 121 Å². The minimum absolute atomic E-state index is 0. The lowest BCUT2D eigenvalue weighted by Gasteiger charge is -2.36. The molecule has 0 spiro atoms. The number of nitrogens with one attached hydrogen (secondary N) is 1. The first-order chi connectivity index (χ1) is 7.79. The summed E-state index contributed by atoms with van der Waals surface area (Å²) in [6, 6.07) is 0.00185. The van der Waals surface area contributed by atoms with Crippen molar-refractivity contribution >= 4 is 30.7 Å². The van der Waals surface area contributed by atoms with Crippen LogP contribution < -0.4 is 5.32 Å². The molecule has 0 aromatic rings. The summed E-state index contributed by atoms with van der Waals surface area (Å²) in [5, 5.41) is 3.26. The van der Waals surface area contributed by atoms with E-state index in [-0.39, 0.29) is 36.8 Å². The van der Waals surface area contributed by atoms with Gasteiger partial charge in [0.25, 0.3) is 0 Å². The lowest BCUT2D eigenvalue weighted by Crippen LogP contribution is -2.54. The zero-order valence-electron chi connectivity index (χ0n) is 10.8. The van der Waals surface area contributed by atoms with Crippen LogP contribution in [-0.2, 0) is 9.53 Å². The molecule has 2 aliphatic heterocycles. The van der Waals surface area contributed by atoms with Crippen molar-refractivity contribution in [2.75, 3.05) is 52.5 Å². The van der Waals surface area contributed by atoms with E-state index in [1.54, 1.807) is 0 Å². The molecular formula is C11H23Cl2N3O2. The molecule has 0 saturated carbocycles. The molecule has 0 aromatic carbocycles. The zero-order chi connectivity index (χ0) is 11.4. The largest absolute Gasteiger partial charge is 0.379 e. The van der Waals surface area contributed by atoms with Gasteiger partial charge in [-0.15, -0.1) is 24.8 Å². The standard InChI is InChI=1S/C11H21N3O2.2ClH/c1-10(13-6-8-16-9-7-13)11(15)14-4-2-12-3-5-14;;/h10,12H,2-9H2,1H3;2*1H. The smallest absolute Gasteiger partial charge is 0.239 e. The maximum absolute atomic E-state index is 12.2. The number of morpholine rings is 1. The summed E-state index contributed by atoms with van der Waals surface area (Å²) in [5.74, 6) is 0.267. The van der Waals surface area contributed by atoms with Gasteiger partial charge in [-0.05, 0) is 6.92 Å². The maximum Gasteiger partial charge on any atom is 0.239 e. The normalized spacial score (nSPS) is 22.6. The number of nitrogens with zero attached hydrogens (tertiary/aromatic N) is 2. The van der Waals surface area contributed by atoms with Crippen molar-refractivity contribution in [1.82, 2.24) is 15.1 Å². The summed E-state index contributed by atoms with van der Waals surface area (Å²) in [6.45, 7) is 8.77. The molecular weight excluding hydrogens is 277 g/mol. The molecule has 0 radical (unpaired) electrons. The third kappa shape index (κ3) is 4.55. The van der Waals surface area contributed by atoms with Crippen LogP contribution in [0.2, 0.25) is 0 Å². The highest BCUT2D eigenvalue weighted by atomic mass is 35.5. The summed E-state index contributed by atoms with van der Waals surface area (Å²) < 4.78 is 5.30. The van der Waals surface area contributed by atoms with Crippen LogP contribution >= 0.6 is 24.8 Å². The van der Waals surface area contributed by atoms with Crippen LogP contribution in [0.25, 0.3) is 0 Å². The fraction of sp³-hybridized carbons (Fsp3) is 0.909. The van der Waals surface area contributed by atoms with Crippen LogP contribution in [0.3, 0.4) is 0 Å². The van der Waals surface area contributed by atoms with Gasteiger partial charge in [-0.3, -0.25) is 9.69 Å². The van der Waals surface area contributed by atoms with E-state index in [0.29, 0.717) is 0 Å². The van der Waals surface area contributed by atoms with Crippen LogP contribution in [-0.4, -0.2) is 74.2 Å². The van der Waals surface area contributed by atoms with E-state index in [0.717, 1.165) is 52.5 Å². The van der Waals surface area contributed by atoms with Crippen molar-refractivity contribution in [3.05, 3.63) is 0 Å². The number of ether oxygens (including phenoxy) is 1. The van der Waals surface area contributed by atoms with Crippen LogP contribution in [0.5, 0.6) is 0 Å². The summed E-state index contributed by atoms with van der Waals surface area (Å²) in [5.41, 5.74) is 0. The predicted molar refractivity (Wildman–Crippen MR) is 75.8 cm³/mol. The highest BCUT2D eigenvalue weighted by Crippen LogP contribution is 2.07. The van der Waals surface area contributed by atoms with Gasteiger partial charge in [0, 0.05) is 39.3 Å². The third-order valence-corrected chi connectivity index (χ3v) is 3.38. The van der Waals surface area contributed by atoms with Gasteiger partial charge >= 0.3 is 0 Å². The second-order valence-corrected chi connectivity index (χ2v) is 4.40. The molecule has 1 atom stereocenters.